The Morgan fingerprint density at radius 3 is 2.09 bits per heavy atom. The predicted octanol–water partition coefficient (Wildman–Crippen LogP) is 6.66. The summed E-state index contributed by atoms with van der Waals surface area (Å²) >= 11 is 0. The number of benzene rings is 4. The third kappa shape index (κ3) is 3.79. The summed E-state index contributed by atoms with van der Waals surface area (Å²) in [7, 11) is -3.68. The van der Waals surface area contributed by atoms with Crippen molar-refractivity contribution in [1.82, 2.24) is 3.97 Å². The Bertz CT molecular complexity index is 1420. The maximum absolute atomic E-state index is 13.4. The van der Waals surface area contributed by atoms with Gasteiger partial charge in [0.25, 0.3) is 0 Å². The largest absolute Gasteiger partial charge is 0.588 e. The first-order valence-electron chi connectivity index (χ1n) is 10.6. The van der Waals surface area contributed by atoms with Gasteiger partial charge in [0.05, 0.1) is 11.7 Å². The molecule has 0 aliphatic rings. The fourth-order valence-electron chi connectivity index (χ4n) is 4.05. The van der Waals surface area contributed by atoms with Crippen molar-refractivity contribution < 1.29 is 8.76 Å². The van der Waals surface area contributed by atoms with Crippen LogP contribution in [0.15, 0.2) is 114 Å². The van der Waals surface area contributed by atoms with E-state index >= 15 is 0 Å². The average molecular weight is 438 g/mol. The van der Waals surface area contributed by atoms with Crippen LogP contribution in [0.5, 0.6) is 0 Å². The first kappa shape index (κ1) is 20.4. The minimum atomic E-state index is -3.68. The quantitative estimate of drug-likeness (QED) is 0.289. The molecule has 32 heavy (non-hydrogen) atoms. The van der Waals surface area contributed by atoms with Gasteiger partial charge in [0.15, 0.2) is 15.3 Å². The van der Waals surface area contributed by atoms with Gasteiger partial charge in [-0.15, -0.1) is 0 Å². The van der Waals surface area contributed by atoms with E-state index in [-0.39, 0.29) is 0 Å². The minimum Gasteiger partial charge on any atom is -0.588 e. The second-order valence-corrected chi connectivity index (χ2v) is 9.84. The molecule has 1 aromatic heterocycles. The summed E-state index contributed by atoms with van der Waals surface area (Å²) in [4.78, 5) is 0.294. The number of aromatic nitrogens is 1. The van der Waals surface area contributed by atoms with E-state index < -0.39 is 10.4 Å². The van der Waals surface area contributed by atoms with Gasteiger partial charge in [-0.3, -0.25) is 0 Å². The molecule has 4 aromatic carbocycles. The van der Waals surface area contributed by atoms with Crippen molar-refractivity contribution >= 4 is 21.3 Å². The van der Waals surface area contributed by atoms with Crippen LogP contribution >= 0.6 is 0 Å². The van der Waals surface area contributed by atoms with Crippen LogP contribution in [-0.4, -0.2) is 8.53 Å². The zero-order valence-electron chi connectivity index (χ0n) is 17.8. The zero-order chi connectivity index (χ0) is 22.1. The molecule has 0 amide bonds. The number of aryl methyl sites for hydroxylation is 1. The van der Waals surface area contributed by atoms with Crippen LogP contribution in [0.25, 0.3) is 22.0 Å². The molecule has 0 radical (unpaired) electrons. The Kier molecular flexibility index (Phi) is 5.25. The third-order valence-corrected chi connectivity index (χ3v) is 7.48. The van der Waals surface area contributed by atoms with Crippen molar-refractivity contribution in [3.05, 3.63) is 126 Å². The van der Waals surface area contributed by atoms with Crippen molar-refractivity contribution in [2.24, 2.45) is 0 Å². The normalized spacial score (nSPS) is 13.2. The number of para-hydroxylation sites is 1. The summed E-state index contributed by atoms with van der Waals surface area (Å²) in [6, 6.07) is 33.4. The summed E-state index contributed by atoms with van der Waals surface area (Å²) in [6.07, 6.45) is 2.43. The zero-order valence-corrected chi connectivity index (χ0v) is 18.6. The van der Waals surface area contributed by atoms with E-state index in [0.717, 1.165) is 22.1 Å². The summed E-state index contributed by atoms with van der Waals surface area (Å²) < 4.78 is 28.2. The highest BCUT2D eigenvalue weighted by Crippen LogP contribution is 2.30. The maximum atomic E-state index is 13.4. The first-order valence-corrected chi connectivity index (χ1v) is 12.0. The van der Waals surface area contributed by atoms with Crippen LogP contribution in [-0.2, 0) is 21.0 Å². The summed E-state index contributed by atoms with van der Waals surface area (Å²) in [6.45, 7) is 1.95. The van der Waals surface area contributed by atoms with Gasteiger partial charge in [-0.2, -0.15) is 3.97 Å². The van der Waals surface area contributed by atoms with Crippen molar-refractivity contribution in [3.8, 4) is 11.1 Å². The van der Waals surface area contributed by atoms with Gasteiger partial charge in [-0.1, -0.05) is 94.7 Å². The Balaban J connectivity index is 1.52. The Morgan fingerprint density at radius 1 is 0.750 bits per heavy atom. The number of nitrogens with zero attached hydrogens (tertiary/aromatic N) is 1. The highest BCUT2D eigenvalue weighted by atomic mass is 32.3. The lowest BCUT2D eigenvalue weighted by Crippen LogP contribution is -2.19. The molecule has 0 aliphatic carbocycles. The van der Waals surface area contributed by atoms with Crippen LogP contribution < -0.4 is 0 Å². The van der Waals surface area contributed by atoms with Crippen molar-refractivity contribution in [3.63, 3.8) is 0 Å². The van der Waals surface area contributed by atoms with E-state index in [0.29, 0.717) is 16.8 Å². The van der Waals surface area contributed by atoms with Crippen molar-refractivity contribution in [2.75, 3.05) is 0 Å². The second-order valence-electron chi connectivity index (χ2n) is 8.03. The third-order valence-electron chi connectivity index (χ3n) is 5.79. The fourth-order valence-corrected chi connectivity index (χ4v) is 5.44. The highest BCUT2D eigenvalue weighted by Gasteiger charge is 2.26. The lowest BCUT2D eigenvalue weighted by Gasteiger charge is -2.16. The van der Waals surface area contributed by atoms with Crippen LogP contribution in [0, 0.1) is 6.92 Å². The lowest BCUT2D eigenvalue weighted by molar-refractivity contribution is 0.470. The van der Waals surface area contributed by atoms with Crippen LogP contribution in [0.3, 0.4) is 0 Å². The highest BCUT2D eigenvalue weighted by molar-refractivity contribution is 7.96. The van der Waals surface area contributed by atoms with Crippen molar-refractivity contribution in [1.29, 1.82) is 0 Å². The van der Waals surface area contributed by atoms with E-state index in [1.165, 1.54) is 15.1 Å². The SMILES string of the molecule is Cc1ccc([S+](=O)([O-])n2cc(Cc3ccc(-c4ccccc4)cc3)c3ccccc32)cc1. The molecule has 4 heteroatoms. The van der Waals surface area contributed by atoms with Gasteiger partial charge < -0.3 is 4.55 Å². The molecule has 3 nitrogen and oxygen atoms in total. The van der Waals surface area contributed by atoms with Gasteiger partial charge in [-0.05, 0) is 53.8 Å². The molecule has 158 valence electrons. The van der Waals surface area contributed by atoms with E-state index in [4.69, 9.17) is 0 Å². The maximum Gasteiger partial charge on any atom is 0.187 e. The Morgan fingerprint density at radius 2 is 1.38 bits per heavy atom. The molecule has 1 heterocycles. The number of hydrogen-bond donors (Lipinski definition) is 0. The molecule has 0 saturated carbocycles. The van der Waals surface area contributed by atoms with Gasteiger partial charge in [0.1, 0.15) is 0 Å². The molecule has 1 unspecified atom stereocenters. The fraction of sp³-hybridized carbons (Fsp3) is 0.0714. The number of rotatable bonds is 5. The molecule has 5 aromatic rings. The number of fused-ring (bicyclic) bond motifs is 1. The molecule has 5 rings (SSSR count). The molecule has 0 spiro atoms. The average Bonchev–Trinajstić information content (AvgIpc) is 3.20. The van der Waals surface area contributed by atoms with Crippen LogP contribution in [0.2, 0.25) is 0 Å². The van der Waals surface area contributed by atoms with E-state index in [9.17, 15) is 8.76 Å². The van der Waals surface area contributed by atoms with Crippen LogP contribution in [0.4, 0.5) is 0 Å². The summed E-state index contributed by atoms with van der Waals surface area (Å²) in [5, 5.41) is 0.954. The smallest absolute Gasteiger partial charge is 0.187 e. The van der Waals surface area contributed by atoms with E-state index in [1.54, 1.807) is 18.3 Å². The van der Waals surface area contributed by atoms with E-state index in [1.807, 2.05) is 61.5 Å². The standard InChI is InChI=1S/C28H23NO2S/c1-21-11-17-26(18-12-21)32(30,31)29-20-25(27-9-5-6-10-28(27)29)19-22-13-15-24(16-14-22)23-7-3-2-4-8-23/h2-18,20H,19H2,1H3. The van der Waals surface area contributed by atoms with Gasteiger partial charge >= 0.3 is 0 Å². The molecule has 0 N–H and O–H groups in total. The summed E-state index contributed by atoms with van der Waals surface area (Å²) in [5.41, 5.74) is 6.20. The minimum absolute atomic E-state index is 0.294. The molecule has 0 saturated heterocycles. The second kappa shape index (κ2) is 8.23. The molecular weight excluding hydrogens is 414 g/mol. The first-order chi connectivity index (χ1) is 15.5. The number of hydrogen-bond acceptors (Lipinski definition) is 2. The Hall–Kier alpha value is -3.47. The Labute approximate surface area is 189 Å². The van der Waals surface area contributed by atoms with Gasteiger partial charge in [0.2, 0.25) is 0 Å². The molecular formula is C28H23NO2S. The van der Waals surface area contributed by atoms with Crippen LogP contribution in [0.1, 0.15) is 16.7 Å². The molecule has 0 fully saturated rings. The lowest BCUT2D eigenvalue weighted by atomic mass is 10.0. The van der Waals surface area contributed by atoms with Crippen molar-refractivity contribution in [2.45, 2.75) is 18.2 Å². The molecule has 1 atom stereocenters. The predicted molar refractivity (Wildman–Crippen MR) is 130 cm³/mol. The van der Waals surface area contributed by atoms with E-state index in [2.05, 4.69) is 36.4 Å². The monoisotopic (exact) mass is 437 g/mol. The topological polar surface area (TPSA) is 45.1 Å². The molecule has 0 bridgehead atoms. The van der Waals surface area contributed by atoms with Gasteiger partial charge in [-0.25, -0.2) is 0 Å². The van der Waals surface area contributed by atoms with Gasteiger partial charge in [0, 0.05) is 5.39 Å². The summed E-state index contributed by atoms with van der Waals surface area (Å²) in [5.74, 6) is 0. The molecule has 0 aliphatic heterocycles.